The second-order valence-electron chi connectivity index (χ2n) is 8.56. The molecule has 5 rings (SSSR count). The number of thiophene rings is 1. The summed E-state index contributed by atoms with van der Waals surface area (Å²) in [5, 5.41) is 9.97. The molecule has 0 unspecified atom stereocenters. The number of benzene rings is 3. The van der Waals surface area contributed by atoms with Crippen molar-refractivity contribution in [3.63, 3.8) is 0 Å². The maximum absolute atomic E-state index is 13.4. The number of carbonyl (C=O) groups excluding carboxylic acids is 1. The maximum Gasteiger partial charge on any atom is 0.270 e. The lowest BCUT2D eigenvalue weighted by atomic mass is 9.88. The minimum absolute atomic E-state index is 0.123. The molecule has 0 aliphatic carbocycles. The van der Waals surface area contributed by atoms with Gasteiger partial charge in [0.15, 0.2) is 0 Å². The Morgan fingerprint density at radius 2 is 1.60 bits per heavy atom. The molecular formula is C30H27N3OS. The summed E-state index contributed by atoms with van der Waals surface area (Å²) in [6.45, 7) is 2.60. The van der Waals surface area contributed by atoms with Crippen LogP contribution in [0, 0.1) is 6.92 Å². The van der Waals surface area contributed by atoms with Gasteiger partial charge in [-0.3, -0.25) is 4.79 Å². The lowest BCUT2D eigenvalue weighted by Crippen LogP contribution is -2.28. The van der Waals surface area contributed by atoms with Gasteiger partial charge < -0.3 is 5.32 Å². The Balaban J connectivity index is 1.38. The average molecular weight is 478 g/mol. The Labute approximate surface area is 209 Å². The van der Waals surface area contributed by atoms with Crippen LogP contribution in [0.2, 0.25) is 0 Å². The van der Waals surface area contributed by atoms with Gasteiger partial charge in [-0.05, 0) is 59.7 Å². The summed E-state index contributed by atoms with van der Waals surface area (Å²) < 4.78 is 1.75. The standard InChI is InChI=1S/C30H27N3OS/c1-22-10-8-15-25(20-22)33-28(21-27(32-33)29-16-9-19-35-29)30(34)31-18-17-26(23-11-4-2-5-12-23)24-13-6-3-7-14-24/h2-16,19-21,26H,17-18H2,1H3,(H,31,34). The van der Waals surface area contributed by atoms with Gasteiger partial charge in [-0.25, -0.2) is 4.68 Å². The van der Waals surface area contributed by atoms with Crippen molar-refractivity contribution < 1.29 is 4.79 Å². The number of hydrogen-bond acceptors (Lipinski definition) is 3. The molecule has 0 bridgehead atoms. The molecule has 0 spiro atoms. The first kappa shape index (κ1) is 22.8. The van der Waals surface area contributed by atoms with Crippen molar-refractivity contribution in [2.45, 2.75) is 19.3 Å². The van der Waals surface area contributed by atoms with Gasteiger partial charge >= 0.3 is 0 Å². The SMILES string of the molecule is Cc1cccc(-n2nc(-c3cccs3)cc2C(=O)NCCC(c2ccccc2)c2ccccc2)c1. The zero-order valence-electron chi connectivity index (χ0n) is 19.6. The van der Waals surface area contributed by atoms with Crippen LogP contribution in [0.25, 0.3) is 16.3 Å². The molecule has 35 heavy (non-hydrogen) atoms. The maximum atomic E-state index is 13.4. The smallest absolute Gasteiger partial charge is 0.270 e. The third-order valence-corrected chi connectivity index (χ3v) is 6.98. The molecule has 5 aromatic rings. The number of nitrogens with zero attached hydrogens (tertiary/aromatic N) is 2. The molecular weight excluding hydrogens is 450 g/mol. The van der Waals surface area contributed by atoms with Crippen LogP contribution in [0.4, 0.5) is 0 Å². The lowest BCUT2D eigenvalue weighted by Gasteiger charge is -2.18. The van der Waals surface area contributed by atoms with Crippen LogP contribution in [0.5, 0.6) is 0 Å². The van der Waals surface area contributed by atoms with Crippen LogP contribution in [0.3, 0.4) is 0 Å². The van der Waals surface area contributed by atoms with Crippen LogP contribution < -0.4 is 5.32 Å². The Morgan fingerprint density at radius 3 is 2.23 bits per heavy atom. The predicted molar refractivity (Wildman–Crippen MR) is 143 cm³/mol. The monoisotopic (exact) mass is 477 g/mol. The van der Waals surface area contributed by atoms with Crippen molar-refractivity contribution in [3.8, 4) is 16.3 Å². The third kappa shape index (κ3) is 5.26. The molecule has 0 fully saturated rings. The van der Waals surface area contributed by atoms with Crippen molar-refractivity contribution in [2.75, 3.05) is 6.54 Å². The molecule has 0 saturated heterocycles. The molecule has 0 radical (unpaired) electrons. The molecule has 1 amide bonds. The highest BCUT2D eigenvalue weighted by Gasteiger charge is 2.19. The van der Waals surface area contributed by atoms with E-state index < -0.39 is 0 Å². The Hall–Kier alpha value is -3.96. The molecule has 174 valence electrons. The summed E-state index contributed by atoms with van der Waals surface area (Å²) in [4.78, 5) is 14.4. The van der Waals surface area contributed by atoms with Crippen molar-refractivity contribution in [1.29, 1.82) is 0 Å². The number of rotatable bonds is 8. The number of nitrogens with one attached hydrogen (secondary N) is 1. The van der Waals surface area contributed by atoms with Gasteiger partial charge in [0.05, 0.1) is 10.6 Å². The first-order chi connectivity index (χ1) is 17.2. The van der Waals surface area contributed by atoms with Gasteiger partial charge in [0, 0.05) is 12.5 Å². The lowest BCUT2D eigenvalue weighted by molar-refractivity contribution is 0.0945. The van der Waals surface area contributed by atoms with E-state index in [1.165, 1.54) is 11.1 Å². The summed E-state index contributed by atoms with van der Waals surface area (Å²) in [6, 6.07) is 34.9. The highest BCUT2D eigenvalue weighted by atomic mass is 32.1. The third-order valence-electron chi connectivity index (χ3n) is 6.08. The summed E-state index contributed by atoms with van der Waals surface area (Å²) >= 11 is 1.62. The number of hydrogen-bond donors (Lipinski definition) is 1. The highest BCUT2D eigenvalue weighted by Crippen LogP contribution is 2.28. The van der Waals surface area contributed by atoms with Crippen LogP contribution >= 0.6 is 11.3 Å². The van der Waals surface area contributed by atoms with Gasteiger partial charge in [0.25, 0.3) is 5.91 Å². The average Bonchev–Trinajstić information content (AvgIpc) is 3.58. The minimum atomic E-state index is -0.123. The Kier molecular flexibility index (Phi) is 6.87. The van der Waals surface area contributed by atoms with E-state index in [1.807, 2.05) is 66.9 Å². The highest BCUT2D eigenvalue weighted by molar-refractivity contribution is 7.13. The van der Waals surface area contributed by atoms with Gasteiger partial charge in [-0.2, -0.15) is 5.10 Å². The van der Waals surface area contributed by atoms with E-state index in [-0.39, 0.29) is 11.8 Å². The first-order valence-electron chi connectivity index (χ1n) is 11.8. The molecule has 0 atom stereocenters. The fraction of sp³-hybridized carbons (Fsp3) is 0.133. The fourth-order valence-corrected chi connectivity index (χ4v) is 5.04. The van der Waals surface area contributed by atoms with Gasteiger partial charge in [-0.1, -0.05) is 78.9 Å². The zero-order chi connectivity index (χ0) is 24.0. The number of aryl methyl sites for hydroxylation is 1. The molecule has 2 aromatic heterocycles. The molecule has 1 N–H and O–H groups in total. The molecule has 0 aliphatic rings. The zero-order valence-corrected chi connectivity index (χ0v) is 20.4. The fourth-order valence-electron chi connectivity index (χ4n) is 4.36. The minimum Gasteiger partial charge on any atom is -0.351 e. The molecule has 2 heterocycles. The van der Waals surface area contributed by atoms with E-state index in [9.17, 15) is 4.79 Å². The second kappa shape index (κ2) is 10.5. The van der Waals surface area contributed by atoms with Gasteiger partial charge in [0.2, 0.25) is 0 Å². The van der Waals surface area contributed by atoms with E-state index >= 15 is 0 Å². The van der Waals surface area contributed by atoms with Crippen molar-refractivity contribution in [2.24, 2.45) is 0 Å². The molecule has 5 heteroatoms. The molecule has 4 nitrogen and oxygen atoms in total. The van der Waals surface area contributed by atoms with Crippen molar-refractivity contribution in [1.82, 2.24) is 15.1 Å². The molecule has 3 aromatic carbocycles. The summed E-state index contributed by atoms with van der Waals surface area (Å²) in [5.74, 6) is 0.0859. The van der Waals surface area contributed by atoms with Crippen molar-refractivity contribution >= 4 is 17.2 Å². The van der Waals surface area contributed by atoms with Crippen molar-refractivity contribution in [3.05, 3.63) is 131 Å². The van der Waals surface area contributed by atoms with E-state index in [0.29, 0.717) is 12.2 Å². The number of amides is 1. The summed E-state index contributed by atoms with van der Waals surface area (Å²) in [6.07, 6.45) is 0.802. The van der Waals surface area contributed by atoms with E-state index in [2.05, 4.69) is 53.8 Å². The van der Waals surface area contributed by atoms with Crippen LogP contribution in [-0.4, -0.2) is 22.2 Å². The van der Waals surface area contributed by atoms with Crippen LogP contribution in [0.1, 0.15) is 39.5 Å². The number of aromatic nitrogens is 2. The number of carbonyl (C=O) groups is 1. The quantitative estimate of drug-likeness (QED) is 0.265. The normalized spacial score (nSPS) is 11.0. The van der Waals surface area contributed by atoms with Gasteiger partial charge in [0.1, 0.15) is 11.4 Å². The Bertz CT molecular complexity index is 1350. The van der Waals surface area contributed by atoms with Crippen LogP contribution in [0.15, 0.2) is 109 Å². The van der Waals surface area contributed by atoms with E-state index in [1.54, 1.807) is 16.0 Å². The molecule has 0 aliphatic heterocycles. The molecule has 0 saturated carbocycles. The van der Waals surface area contributed by atoms with Crippen LogP contribution in [-0.2, 0) is 0 Å². The largest absolute Gasteiger partial charge is 0.351 e. The Morgan fingerprint density at radius 1 is 0.886 bits per heavy atom. The van der Waals surface area contributed by atoms with E-state index in [4.69, 9.17) is 5.10 Å². The van der Waals surface area contributed by atoms with E-state index in [0.717, 1.165) is 28.2 Å². The predicted octanol–water partition coefficient (Wildman–Crippen LogP) is 6.86. The summed E-state index contributed by atoms with van der Waals surface area (Å²) in [5.41, 5.74) is 5.84. The topological polar surface area (TPSA) is 46.9 Å². The second-order valence-corrected chi connectivity index (χ2v) is 9.51. The first-order valence-corrected chi connectivity index (χ1v) is 12.7. The van der Waals surface area contributed by atoms with Gasteiger partial charge in [-0.15, -0.1) is 11.3 Å². The summed E-state index contributed by atoms with van der Waals surface area (Å²) in [7, 11) is 0.